The summed E-state index contributed by atoms with van der Waals surface area (Å²) >= 11 is 0. The van der Waals surface area contributed by atoms with E-state index in [1.54, 1.807) is 12.1 Å². The fraction of sp³-hybridized carbons (Fsp3) is 0.600. The number of hydrogen-bond donors (Lipinski definition) is 2. The first kappa shape index (κ1) is 17.0. The SMILES string of the molecule is CNS(=O)(=O)c1ccccc1NC(C)CCCC(C)C. The number of hydrogen-bond acceptors (Lipinski definition) is 3. The molecule has 0 fully saturated rings. The fourth-order valence-corrected chi connectivity index (χ4v) is 2.99. The molecule has 0 aliphatic carbocycles. The molecule has 5 heteroatoms. The largest absolute Gasteiger partial charge is 0.381 e. The molecule has 114 valence electrons. The van der Waals surface area contributed by atoms with Crippen LogP contribution in [0.2, 0.25) is 0 Å². The zero-order chi connectivity index (χ0) is 15.2. The molecule has 1 unspecified atom stereocenters. The maximum atomic E-state index is 12.0. The van der Waals surface area contributed by atoms with Crippen molar-refractivity contribution in [3.05, 3.63) is 24.3 Å². The number of para-hydroxylation sites is 1. The van der Waals surface area contributed by atoms with Gasteiger partial charge in [-0.1, -0.05) is 38.8 Å². The molecule has 4 nitrogen and oxygen atoms in total. The van der Waals surface area contributed by atoms with Gasteiger partial charge in [-0.3, -0.25) is 0 Å². The van der Waals surface area contributed by atoms with Crippen LogP contribution in [0.3, 0.4) is 0 Å². The maximum Gasteiger partial charge on any atom is 0.242 e. The molecule has 0 bridgehead atoms. The Bertz CT molecular complexity index is 512. The lowest BCUT2D eigenvalue weighted by Gasteiger charge is -2.18. The molecule has 1 atom stereocenters. The first-order valence-corrected chi connectivity index (χ1v) is 8.64. The normalized spacial score (nSPS) is 13.4. The van der Waals surface area contributed by atoms with Gasteiger partial charge in [-0.25, -0.2) is 13.1 Å². The van der Waals surface area contributed by atoms with Gasteiger partial charge in [-0.2, -0.15) is 0 Å². The van der Waals surface area contributed by atoms with Crippen LogP contribution in [0.5, 0.6) is 0 Å². The van der Waals surface area contributed by atoms with Crippen LogP contribution >= 0.6 is 0 Å². The summed E-state index contributed by atoms with van der Waals surface area (Å²) in [5.41, 5.74) is 0.666. The molecule has 0 saturated carbocycles. The van der Waals surface area contributed by atoms with Gasteiger partial charge < -0.3 is 5.32 Å². The van der Waals surface area contributed by atoms with Crippen molar-refractivity contribution in [1.82, 2.24) is 4.72 Å². The summed E-state index contributed by atoms with van der Waals surface area (Å²) in [4.78, 5) is 0.304. The summed E-state index contributed by atoms with van der Waals surface area (Å²) in [5, 5.41) is 3.31. The minimum absolute atomic E-state index is 0.252. The second-order valence-corrected chi connectivity index (χ2v) is 7.43. The van der Waals surface area contributed by atoms with E-state index in [-0.39, 0.29) is 6.04 Å². The second-order valence-electron chi connectivity index (χ2n) is 5.57. The smallest absolute Gasteiger partial charge is 0.242 e. The van der Waals surface area contributed by atoms with Crippen LogP contribution in [0.4, 0.5) is 5.69 Å². The lowest BCUT2D eigenvalue weighted by Crippen LogP contribution is -2.22. The molecule has 20 heavy (non-hydrogen) atoms. The Labute approximate surface area is 123 Å². The molecule has 0 spiro atoms. The molecule has 1 aromatic carbocycles. The van der Waals surface area contributed by atoms with Crippen LogP contribution in [0.25, 0.3) is 0 Å². The Hall–Kier alpha value is -1.07. The van der Waals surface area contributed by atoms with Crippen molar-refractivity contribution in [2.24, 2.45) is 5.92 Å². The zero-order valence-electron chi connectivity index (χ0n) is 12.8. The summed E-state index contributed by atoms with van der Waals surface area (Å²) in [6.07, 6.45) is 3.38. The number of benzene rings is 1. The first-order chi connectivity index (χ1) is 9.36. The molecular weight excluding hydrogens is 272 g/mol. The van der Waals surface area contributed by atoms with Crippen molar-refractivity contribution < 1.29 is 8.42 Å². The lowest BCUT2D eigenvalue weighted by molar-refractivity contribution is 0.520. The van der Waals surface area contributed by atoms with Gasteiger partial charge in [-0.15, -0.1) is 0 Å². The monoisotopic (exact) mass is 298 g/mol. The summed E-state index contributed by atoms with van der Waals surface area (Å²) in [7, 11) is -1.99. The number of rotatable bonds is 8. The van der Waals surface area contributed by atoms with Crippen molar-refractivity contribution in [3.8, 4) is 0 Å². The van der Waals surface area contributed by atoms with Crippen molar-refractivity contribution in [2.45, 2.75) is 51.0 Å². The highest BCUT2D eigenvalue weighted by molar-refractivity contribution is 7.89. The molecule has 0 aliphatic heterocycles. The van der Waals surface area contributed by atoms with Gasteiger partial charge in [0.05, 0.1) is 5.69 Å². The minimum atomic E-state index is -3.42. The van der Waals surface area contributed by atoms with Gasteiger partial charge in [0, 0.05) is 6.04 Å². The van der Waals surface area contributed by atoms with E-state index < -0.39 is 10.0 Å². The summed E-state index contributed by atoms with van der Waals surface area (Å²) in [6.45, 7) is 6.52. The van der Waals surface area contributed by atoms with Gasteiger partial charge >= 0.3 is 0 Å². The van der Waals surface area contributed by atoms with Gasteiger partial charge in [-0.05, 0) is 38.4 Å². The maximum absolute atomic E-state index is 12.0. The van der Waals surface area contributed by atoms with E-state index in [0.29, 0.717) is 16.5 Å². The van der Waals surface area contributed by atoms with Gasteiger partial charge in [0.2, 0.25) is 10.0 Å². The van der Waals surface area contributed by atoms with E-state index in [9.17, 15) is 8.42 Å². The topological polar surface area (TPSA) is 58.2 Å². The third-order valence-electron chi connectivity index (χ3n) is 3.27. The predicted octanol–water partition coefficient (Wildman–Crippen LogP) is 3.22. The standard InChI is InChI=1S/C15H26N2O2S/c1-12(2)8-7-9-13(3)17-14-10-5-6-11-15(14)20(18,19)16-4/h5-6,10-13,16-17H,7-9H2,1-4H3. The van der Waals surface area contributed by atoms with Crippen molar-refractivity contribution in [1.29, 1.82) is 0 Å². The fourth-order valence-electron chi connectivity index (χ4n) is 2.10. The van der Waals surface area contributed by atoms with E-state index in [1.807, 2.05) is 12.1 Å². The molecule has 0 aliphatic rings. The highest BCUT2D eigenvalue weighted by atomic mass is 32.2. The molecule has 0 saturated heterocycles. The van der Waals surface area contributed by atoms with Crippen molar-refractivity contribution in [2.75, 3.05) is 12.4 Å². The van der Waals surface area contributed by atoms with E-state index >= 15 is 0 Å². The van der Waals surface area contributed by atoms with E-state index in [1.165, 1.54) is 13.5 Å². The summed E-state index contributed by atoms with van der Waals surface area (Å²) < 4.78 is 26.3. The Morgan fingerprint density at radius 2 is 1.75 bits per heavy atom. The van der Waals surface area contributed by atoms with Gasteiger partial charge in [0.15, 0.2) is 0 Å². The average Bonchev–Trinajstić information content (AvgIpc) is 2.38. The molecule has 1 rings (SSSR count). The van der Waals surface area contributed by atoms with Crippen molar-refractivity contribution >= 4 is 15.7 Å². The van der Waals surface area contributed by atoms with Crippen LogP contribution in [0.1, 0.15) is 40.0 Å². The van der Waals surface area contributed by atoms with Gasteiger partial charge in [0.1, 0.15) is 4.90 Å². The van der Waals surface area contributed by atoms with Crippen LogP contribution in [0.15, 0.2) is 29.2 Å². The highest BCUT2D eigenvalue weighted by Gasteiger charge is 2.16. The number of sulfonamides is 1. The summed E-state index contributed by atoms with van der Waals surface area (Å²) in [6, 6.07) is 7.26. The Morgan fingerprint density at radius 1 is 1.10 bits per heavy atom. The lowest BCUT2D eigenvalue weighted by atomic mass is 10.0. The quantitative estimate of drug-likeness (QED) is 0.774. The molecule has 2 N–H and O–H groups in total. The summed E-state index contributed by atoms with van der Waals surface area (Å²) in [5.74, 6) is 0.708. The molecule has 1 aromatic rings. The molecular formula is C15H26N2O2S. The van der Waals surface area contributed by atoms with Crippen LogP contribution in [0, 0.1) is 5.92 Å². The predicted molar refractivity (Wildman–Crippen MR) is 84.5 cm³/mol. The number of anilines is 1. The minimum Gasteiger partial charge on any atom is -0.381 e. The Balaban J connectivity index is 2.73. The van der Waals surface area contributed by atoms with E-state index in [0.717, 1.165) is 12.8 Å². The molecule has 0 aromatic heterocycles. The van der Waals surface area contributed by atoms with E-state index in [4.69, 9.17) is 0 Å². The van der Waals surface area contributed by atoms with Gasteiger partial charge in [0.25, 0.3) is 0 Å². The van der Waals surface area contributed by atoms with Crippen LogP contribution in [-0.2, 0) is 10.0 Å². The third-order valence-corrected chi connectivity index (χ3v) is 4.74. The third kappa shape index (κ3) is 5.13. The first-order valence-electron chi connectivity index (χ1n) is 7.16. The van der Waals surface area contributed by atoms with Crippen molar-refractivity contribution in [3.63, 3.8) is 0 Å². The zero-order valence-corrected chi connectivity index (χ0v) is 13.6. The van der Waals surface area contributed by atoms with Crippen LogP contribution < -0.4 is 10.0 Å². The number of nitrogens with one attached hydrogen (secondary N) is 2. The highest BCUT2D eigenvalue weighted by Crippen LogP contribution is 2.22. The second kappa shape index (κ2) is 7.64. The Morgan fingerprint density at radius 3 is 2.35 bits per heavy atom. The molecule has 0 amide bonds. The molecule has 0 radical (unpaired) electrons. The molecule has 0 heterocycles. The Kier molecular flexibility index (Phi) is 6.49. The van der Waals surface area contributed by atoms with Crippen LogP contribution in [-0.4, -0.2) is 21.5 Å². The van der Waals surface area contributed by atoms with E-state index in [2.05, 4.69) is 30.8 Å². The average molecular weight is 298 g/mol.